The number of fused-ring (bicyclic) bond motifs is 2. The molecule has 0 aromatic heterocycles. The van der Waals surface area contributed by atoms with Gasteiger partial charge in [0.2, 0.25) is 0 Å². The van der Waals surface area contributed by atoms with Gasteiger partial charge in [-0.2, -0.15) is 0 Å². The number of ether oxygens (including phenoxy) is 2. The summed E-state index contributed by atoms with van der Waals surface area (Å²) in [6.45, 7) is 11.4. The Balaban J connectivity index is 2.31. The normalized spacial score (nSPS) is 43.3. The Labute approximate surface area is 110 Å². The van der Waals surface area contributed by atoms with Gasteiger partial charge < -0.3 is 9.47 Å². The van der Waals surface area contributed by atoms with Gasteiger partial charge in [-0.05, 0) is 25.7 Å². The molecule has 1 aliphatic heterocycles. The molecule has 2 aliphatic rings. The number of carbonyl (C=O) groups is 1. The molecule has 102 valence electrons. The van der Waals surface area contributed by atoms with Crippen LogP contribution < -0.4 is 0 Å². The highest BCUT2D eigenvalue weighted by molar-refractivity contribution is 5.65. The van der Waals surface area contributed by atoms with E-state index in [-0.39, 0.29) is 17.5 Å². The highest BCUT2D eigenvalue weighted by atomic mass is 16.5. The van der Waals surface area contributed by atoms with E-state index in [1.165, 1.54) is 12.5 Å². The number of hydrogen-bond acceptors (Lipinski definition) is 3. The Morgan fingerprint density at radius 2 is 2.17 bits per heavy atom. The van der Waals surface area contributed by atoms with Crippen LogP contribution in [0, 0.1) is 23.2 Å². The highest BCUT2D eigenvalue weighted by Crippen LogP contribution is 2.52. The molecule has 0 unspecified atom stereocenters. The van der Waals surface area contributed by atoms with E-state index in [1.807, 2.05) is 0 Å². The molecule has 1 fully saturated rings. The lowest BCUT2D eigenvalue weighted by molar-refractivity contribution is -0.175. The summed E-state index contributed by atoms with van der Waals surface area (Å²) in [6.07, 6.45) is 2.60. The molecule has 1 heterocycles. The summed E-state index contributed by atoms with van der Waals surface area (Å²) in [5, 5.41) is 0. The lowest BCUT2D eigenvalue weighted by Crippen LogP contribution is -2.56. The number of hydrogen-bond donors (Lipinski definition) is 0. The lowest BCUT2D eigenvalue weighted by atomic mass is 9.56. The Bertz CT molecular complexity index is 374. The van der Waals surface area contributed by atoms with E-state index in [4.69, 9.17) is 9.47 Å². The Morgan fingerprint density at radius 1 is 1.50 bits per heavy atom. The minimum absolute atomic E-state index is 0.0532. The van der Waals surface area contributed by atoms with Gasteiger partial charge in [0, 0.05) is 18.3 Å². The van der Waals surface area contributed by atoms with Gasteiger partial charge in [0.05, 0.1) is 19.3 Å². The first-order chi connectivity index (χ1) is 8.38. The molecular formula is C15H24O3. The molecule has 0 aromatic carbocycles. The third-order valence-electron chi connectivity index (χ3n) is 5.06. The van der Waals surface area contributed by atoms with Crippen LogP contribution in [-0.4, -0.2) is 25.3 Å². The number of esters is 1. The SMILES string of the molecule is CC(=O)OC[C@]12CO[C@H](C)[C@H](C(C)=C[C@@H]1C)[C@H]2C. The monoisotopic (exact) mass is 252 g/mol. The van der Waals surface area contributed by atoms with Crippen LogP contribution in [0.2, 0.25) is 0 Å². The molecule has 0 spiro atoms. The largest absolute Gasteiger partial charge is 0.465 e. The quantitative estimate of drug-likeness (QED) is 0.560. The molecule has 1 aliphatic carbocycles. The standard InChI is InChI=1S/C15H24O3/c1-9-6-10(2)15(8-18-13(5)16)7-17-12(4)14(9)11(15)3/h6,10-12,14H,7-8H2,1-5H3/t10-,11+,12+,14+,15+/m0/s1. The highest BCUT2D eigenvalue weighted by Gasteiger charge is 2.53. The van der Waals surface area contributed by atoms with Crippen molar-refractivity contribution in [1.29, 1.82) is 0 Å². The molecule has 0 aromatic rings. The van der Waals surface area contributed by atoms with Crippen molar-refractivity contribution in [3.8, 4) is 0 Å². The van der Waals surface area contributed by atoms with Crippen molar-refractivity contribution < 1.29 is 14.3 Å². The van der Waals surface area contributed by atoms with E-state index in [9.17, 15) is 4.79 Å². The fraction of sp³-hybridized carbons (Fsp3) is 0.800. The zero-order chi connectivity index (χ0) is 13.5. The van der Waals surface area contributed by atoms with Crippen molar-refractivity contribution in [2.45, 2.75) is 40.7 Å². The van der Waals surface area contributed by atoms with Crippen LogP contribution in [-0.2, 0) is 14.3 Å². The molecule has 3 nitrogen and oxygen atoms in total. The second-order valence-electron chi connectivity index (χ2n) is 6.04. The van der Waals surface area contributed by atoms with Gasteiger partial charge in [0.1, 0.15) is 0 Å². The summed E-state index contributed by atoms with van der Waals surface area (Å²) in [5.74, 6) is 1.12. The maximum atomic E-state index is 11.1. The van der Waals surface area contributed by atoms with Crippen LogP contribution in [0.3, 0.4) is 0 Å². The summed E-state index contributed by atoms with van der Waals surface area (Å²) in [6, 6.07) is 0. The van der Waals surface area contributed by atoms with E-state index >= 15 is 0 Å². The second kappa shape index (κ2) is 4.69. The average molecular weight is 252 g/mol. The van der Waals surface area contributed by atoms with Crippen LogP contribution >= 0.6 is 0 Å². The van der Waals surface area contributed by atoms with Crippen LogP contribution in [0.15, 0.2) is 11.6 Å². The van der Waals surface area contributed by atoms with Crippen molar-refractivity contribution in [3.05, 3.63) is 11.6 Å². The third kappa shape index (κ3) is 1.99. The third-order valence-corrected chi connectivity index (χ3v) is 5.06. The predicted octanol–water partition coefficient (Wildman–Crippen LogP) is 2.80. The van der Waals surface area contributed by atoms with Crippen molar-refractivity contribution in [3.63, 3.8) is 0 Å². The van der Waals surface area contributed by atoms with Gasteiger partial charge in [-0.3, -0.25) is 4.79 Å². The van der Waals surface area contributed by atoms with E-state index in [2.05, 4.69) is 33.8 Å². The zero-order valence-corrected chi connectivity index (χ0v) is 12.0. The van der Waals surface area contributed by atoms with Gasteiger partial charge >= 0.3 is 5.97 Å². The molecule has 3 heteroatoms. The van der Waals surface area contributed by atoms with Crippen LogP contribution in [0.5, 0.6) is 0 Å². The molecule has 0 radical (unpaired) electrons. The van der Waals surface area contributed by atoms with Gasteiger partial charge in [0.25, 0.3) is 0 Å². The molecular weight excluding hydrogens is 228 g/mol. The van der Waals surface area contributed by atoms with Crippen LogP contribution in [0.1, 0.15) is 34.6 Å². The molecule has 2 bridgehead atoms. The first-order valence-electron chi connectivity index (χ1n) is 6.82. The van der Waals surface area contributed by atoms with Gasteiger partial charge in [-0.1, -0.05) is 25.5 Å². The van der Waals surface area contributed by atoms with Gasteiger partial charge in [-0.15, -0.1) is 0 Å². The second-order valence-corrected chi connectivity index (χ2v) is 6.04. The molecule has 2 rings (SSSR count). The Kier molecular flexibility index (Phi) is 3.54. The summed E-state index contributed by atoms with van der Waals surface area (Å²) >= 11 is 0. The Hall–Kier alpha value is -0.830. The minimum Gasteiger partial charge on any atom is -0.465 e. The number of allylic oxidation sites excluding steroid dienone is 1. The topological polar surface area (TPSA) is 35.5 Å². The summed E-state index contributed by atoms with van der Waals surface area (Å²) in [4.78, 5) is 11.1. The Morgan fingerprint density at radius 3 is 2.78 bits per heavy atom. The molecule has 18 heavy (non-hydrogen) atoms. The molecule has 1 saturated heterocycles. The number of carbonyl (C=O) groups excluding carboxylic acids is 1. The van der Waals surface area contributed by atoms with Crippen molar-refractivity contribution >= 4 is 5.97 Å². The average Bonchev–Trinajstić information content (AvgIpc) is 2.26. The predicted molar refractivity (Wildman–Crippen MR) is 70.1 cm³/mol. The lowest BCUT2D eigenvalue weighted by Gasteiger charge is -2.54. The van der Waals surface area contributed by atoms with Gasteiger partial charge in [-0.25, -0.2) is 0 Å². The van der Waals surface area contributed by atoms with Gasteiger partial charge in [0.15, 0.2) is 0 Å². The smallest absolute Gasteiger partial charge is 0.302 e. The maximum Gasteiger partial charge on any atom is 0.302 e. The molecule has 5 atom stereocenters. The van der Waals surface area contributed by atoms with Crippen LogP contribution in [0.25, 0.3) is 0 Å². The fourth-order valence-corrected chi connectivity index (χ4v) is 3.81. The first kappa shape index (κ1) is 13.6. The molecule has 0 saturated carbocycles. The summed E-state index contributed by atoms with van der Waals surface area (Å²) in [5.41, 5.74) is 1.36. The van der Waals surface area contributed by atoms with Crippen LogP contribution in [0.4, 0.5) is 0 Å². The van der Waals surface area contributed by atoms with Crippen molar-refractivity contribution in [2.75, 3.05) is 13.2 Å². The zero-order valence-electron chi connectivity index (χ0n) is 12.0. The summed E-state index contributed by atoms with van der Waals surface area (Å²) < 4.78 is 11.3. The van der Waals surface area contributed by atoms with E-state index < -0.39 is 0 Å². The molecule has 0 amide bonds. The van der Waals surface area contributed by atoms with Crippen molar-refractivity contribution in [2.24, 2.45) is 23.2 Å². The fourth-order valence-electron chi connectivity index (χ4n) is 3.81. The number of rotatable bonds is 2. The van der Waals surface area contributed by atoms with Crippen molar-refractivity contribution in [1.82, 2.24) is 0 Å². The van der Waals surface area contributed by atoms with E-state index in [1.54, 1.807) is 0 Å². The van der Waals surface area contributed by atoms with E-state index in [0.717, 1.165) is 0 Å². The van der Waals surface area contributed by atoms with E-state index in [0.29, 0.717) is 31.0 Å². The molecule has 0 N–H and O–H groups in total. The summed E-state index contributed by atoms with van der Waals surface area (Å²) in [7, 11) is 0. The first-order valence-corrected chi connectivity index (χ1v) is 6.82. The maximum absolute atomic E-state index is 11.1. The minimum atomic E-state index is -0.203.